The molecule has 0 unspecified atom stereocenters. The molecular weight excluding hydrogens is 322 g/mol. The number of hydrogen-bond donors (Lipinski definition) is 3. The van der Waals surface area contributed by atoms with Crippen LogP contribution < -0.4 is 16.0 Å². The maximum absolute atomic E-state index is 11.9. The van der Waals surface area contributed by atoms with E-state index in [1.54, 1.807) is 18.2 Å². The molecule has 0 radical (unpaired) electrons. The third kappa shape index (κ3) is 4.95. The number of rotatable bonds is 6. The first-order valence-corrected chi connectivity index (χ1v) is 8.49. The number of aromatic carboxylic acids is 1. The summed E-state index contributed by atoms with van der Waals surface area (Å²) < 4.78 is 0. The van der Waals surface area contributed by atoms with Crippen molar-refractivity contribution in [2.75, 3.05) is 23.3 Å². The van der Waals surface area contributed by atoms with Crippen LogP contribution in [-0.4, -0.2) is 36.0 Å². The lowest BCUT2D eigenvalue weighted by molar-refractivity contribution is -0.122. The monoisotopic (exact) mass is 347 g/mol. The molecule has 0 aliphatic carbocycles. The minimum absolute atomic E-state index is 0.0617. The number of amides is 2. The van der Waals surface area contributed by atoms with Gasteiger partial charge < -0.3 is 21.1 Å². The van der Waals surface area contributed by atoms with Crippen LogP contribution in [0.25, 0.3) is 0 Å². The van der Waals surface area contributed by atoms with E-state index in [0.29, 0.717) is 38.0 Å². The van der Waals surface area contributed by atoms with Gasteiger partial charge in [0.25, 0.3) is 0 Å². The average Bonchev–Trinajstić information content (AvgIpc) is 2.54. The molecule has 0 atom stereocenters. The SMILES string of the molecule is CC(C)CC(=O)Nc1ccc(N2CCC(C(N)=O)CC2)cc1C(=O)O. The van der Waals surface area contributed by atoms with Crippen molar-refractivity contribution in [2.24, 2.45) is 17.6 Å². The Hall–Kier alpha value is -2.57. The highest BCUT2D eigenvalue weighted by molar-refractivity contribution is 6.01. The average molecular weight is 347 g/mol. The second kappa shape index (κ2) is 8.00. The molecule has 1 aromatic rings. The molecule has 1 aliphatic heterocycles. The number of carbonyl (C=O) groups is 3. The van der Waals surface area contributed by atoms with Crippen LogP contribution in [0.15, 0.2) is 18.2 Å². The van der Waals surface area contributed by atoms with Gasteiger partial charge in [-0.1, -0.05) is 13.8 Å². The van der Waals surface area contributed by atoms with Crippen LogP contribution in [0.5, 0.6) is 0 Å². The zero-order valence-electron chi connectivity index (χ0n) is 14.6. The van der Waals surface area contributed by atoms with Gasteiger partial charge in [-0.05, 0) is 37.0 Å². The van der Waals surface area contributed by atoms with Gasteiger partial charge in [0, 0.05) is 31.1 Å². The van der Waals surface area contributed by atoms with Crippen molar-refractivity contribution in [3.63, 3.8) is 0 Å². The zero-order valence-corrected chi connectivity index (χ0v) is 14.6. The molecule has 4 N–H and O–H groups in total. The Morgan fingerprint density at radius 2 is 1.92 bits per heavy atom. The molecule has 1 fully saturated rings. The molecule has 0 aromatic heterocycles. The molecule has 136 valence electrons. The van der Waals surface area contributed by atoms with E-state index in [-0.39, 0.29) is 29.2 Å². The second-order valence-electron chi connectivity index (χ2n) is 6.84. The Labute approximate surface area is 147 Å². The molecular formula is C18H25N3O4. The van der Waals surface area contributed by atoms with Crippen LogP contribution in [0.4, 0.5) is 11.4 Å². The van der Waals surface area contributed by atoms with E-state index in [9.17, 15) is 19.5 Å². The van der Waals surface area contributed by atoms with E-state index in [1.165, 1.54) is 0 Å². The van der Waals surface area contributed by atoms with Crippen LogP contribution >= 0.6 is 0 Å². The van der Waals surface area contributed by atoms with Gasteiger partial charge in [0.2, 0.25) is 11.8 Å². The molecule has 25 heavy (non-hydrogen) atoms. The number of benzene rings is 1. The number of piperidine rings is 1. The number of carbonyl (C=O) groups excluding carboxylic acids is 2. The maximum atomic E-state index is 11.9. The number of hydrogen-bond acceptors (Lipinski definition) is 4. The summed E-state index contributed by atoms with van der Waals surface area (Å²) in [7, 11) is 0. The highest BCUT2D eigenvalue weighted by Crippen LogP contribution is 2.27. The molecule has 0 saturated carbocycles. The van der Waals surface area contributed by atoms with Gasteiger partial charge in [-0.15, -0.1) is 0 Å². The van der Waals surface area contributed by atoms with Crippen molar-refractivity contribution in [3.05, 3.63) is 23.8 Å². The Morgan fingerprint density at radius 1 is 1.28 bits per heavy atom. The van der Waals surface area contributed by atoms with E-state index in [0.717, 1.165) is 5.69 Å². The number of carboxylic acid groups (broad SMARTS) is 1. The summed E-state index contributed by atoms with van der Waals surface area (Å²) in [6, 6.07) is 4.98. The van der Waals surface area contributed by atoms with Gasteiger partial charge >= 0.3 is 5.97 Å². The summed E-state index contributed by atoms with van der Waals surface area (Å²) in [5, 5.41) is 12.1. The molecule has 2 rings (SSSR count). The van der Waals surface area contributed by atoms with E-state index >= 15 is 0 Å². The Balaban J connectivity index is 2.14. The van der Waals surface area contributed by atoms with Crippen molar-refractivity contribution in [1.82, 2.24) is 0 Å². The lowest BCUT2D eigenvalue weighted by atomic mass is 9.95. The zero-order chi connectivity index (χ0) is 18.6. The molecule has 2 amide bonds. The molecule has 0 spiro atoms. The summed E-state index contributed by atoms with van der Waals surface area (Å²) in [5.41, 5.74) is 6.47. The standard InChI is InChI=1S/C18H25N3O4/c1-11(2)9-16(22)20-15-4-3-13(10-14(15)18(24)25)21-7-5-12(6-8-21)17(19)23/h3-4,10-12H,5-9H2,1-2H3,(H2,19,23)(H,20,22)(H,24,25). The van der Waals surface area contributed by atoms with Crippen LogP contribution in [0, 0.1) is 11.8 Å². The number of anilines is 2. The fourth-order valence-corrected chi connectivity index (χ4v) is 3.01. The molecule has 1 aromatic carbocycles. The highest BCUT2D eigenvalue weighted by Gasteiger charge is 2.24. The Kier molecular flexibility index (Phi) is 6.01. The topological polar surface area (TPSA) is 113 Å². The lowest BCUT2D eigenvalue weighted by Gasteiger charge is -2.32. The summed E-state index contributed by atoms with van der Waals surface area (Å²) in [4.78, 5) is 36.8. The summed E-state index contributed by atoms with van der Waals surface area (Å²) >= 11 is 0. The van der Waals surface area contributed by atoms with Gasteiger partial charge in [0.05, 0.1) is 11.3 Å². The Bertz CT molecular complexity index is 664. The summed E-state index contributed by atoms with van der Waals surface area (Å²) in [5.74, 6) is -1.50. The van der Waals surface area contributed by atoms with Crippen molar-refractivity contribution in [2.45, 2.75) is 33.1 Å². The predicted octanol–water partition coefficient (Wildman–Crippen LogP) is 2.07. The first-order valence-electron chi connectivity index (χ1n) is 8.49. The molecule has 0 bridgehead atoms. The molecule has 1 aliphatic rings. The fourth-order valence-electron chi connectivity index (χ4n) is 3.01. The van der Waals surface area contributed by atoms with Crippen LogP contribution in [-0.2, 0) is 9.59 Å². The van der Waals surface area contributed by atoms with Crippen LogP contribution in [0.2, 0.25) is 0 Å². The van der Waals surface area contributed by atoms with E-state index in [1.807, 2.05) is 18.7 Å². The fraction of sp³-hybridized carbons (Fsp3) is 0.500. The third-order valence-corrected chi connectivity index (χ3v) is 4.36. The molecule has 7 heteroatoms. The smallest absolute Gasteiger partial charge is 0.337 e. The van der Waals surface area contributed by atoms with E-state index in [4.69, 9.17) is 5.73 Å². The van der Waals surface area contributed by atoms with Crippen LogP contribution in [0.3, 0.4) is 0 Å². The number of primary amides is 1. The maximum Gasteiger partial charge on any atom is 0.337 e. The number of nitrogens with zero attached hydrogens (tertiary/aromatic N) is 1. The quantitative estimate of drug-likeness (QED) is 0.729. The van der Waals surface area contributed by atoms with E-state index in [2.05, 4.69) is 5.32 Å². The first-order chi connectivity index (χ1) is 11.8. The normalized spacial score (nSPS) is 15.2. The minimum atomic E-state index is -1.09. The molecule has 1 heterocycles. The number of nitrogens with one attached hydrogen (secondary N) is 1. The van der Waals surface area contributed by atoms with Crippen molar-refractivity contribution < 1.29 is 19.5 Å². The van der Waals surface area contributed by atoms with Gasteiger partial charge in [-0.3, -0.25) is 9.59 Å². The molecule has 1 saturated heterocycles. The van der Waals surface area contributed by atoms with Gasteiger partial charge in [-0.2, -0.15) is 0 Å². The largest absolute Gasteiger partial charge is 0.478 e. The van der Waals surface area contributed by atoms with Crippen LogP contribution in [0.1, 0.15) is 43.5 Å². The minimum Gasteiger partial charge on any atom is -0.478 e. The summed E-state index contributed by atoms with van der Waals surface area (Å²) in [6.45, 7) is 5.14. The first kappa shape index (κ1) is 18.8. The van der Waals surface area contributed by atoms with Gasteiger partial charge in [-0.25, -0.2) is 4.79 Å². The predicted molar refractivity (Wildman–Crippen MR) is 95.6 cm³/mol. The highest BCUT2D eigenvalue weighted by atomic mass is 16.4. The Morgan fingerprint density at radius 3 is 2.44 bits per heavy atom. The number of carboxylic acids is 1. The van der Waals surface area contributed by atoms with E-state index < -0.39 is 5.97 Å². The van der Waals surface area contributed by atoms with Crippen molar-refractivity contribution in [3.8, 4) is 0 Å². The number of nitrogens with two attached hydrogens (primary N) is 1. The summed E-state index contributed by atoms with van der Waals surface area (Å²) in [6.07, 6.45) is 1.65. The van der Waals surface area contributed by atoms with Gasteiger partial charge in [0.15, 0.2) is 0 Å². The second-order valence-corrected chi connectivity index (χ2v) is 6.84. The van der Waals surface area contributed by atoms with Crippen molar-refractivity contribution >= 4 is 29.2 Å². The third-order valence-electron chi connectivity index (χ3n) is 4.36. The van der Waals surface area contributed by atoms with Gasteiger partial charge in [0.1, 0.15) is 0 Å². The lowest BCUT2D eigenvalue weighted by Crippen LogP contribution is -2.38. The molecule has 7 nitrogen and oxygen atoms in total. The van der Waals surface area contributed by atoms with Crippen molar-refractivity contribution in [1.29, 1.82) is 0 Å².